The molecule has 0 unspecified atom stereocenters. The van der Waals surface area contributed by atoms with Crippen molar-refractivity contribution in [1.29, 1.82) is 0 Å². The summed E-state index contributed by atoms with van der Waals surface area (Å²) in [5, 5.41) is 0. The average molecular weight is 689 g/mol. The van der Waals surface area contributed by atoms with Gasteiger partial charge in [-0.05, 0) is 63.2 Å². The summed E-state index contributed by atoms with van der Waals surface area (Å²) in [7, 11) is -0.480. The Labute approximate surface area is 296 Å². The number of anilines is 2. The van der Waals surface area contributed by atoms with Crippen LogP contribution in [-0.2, 0) is 31.7 Å². The molecule has 1 saturated heterocycles. The van der Waals surface area contributed by atoms with Gasteiger partial charge in [-0.2, -0.15) is 0 Å². The first-order chi connectivity index (χ1) is 24.2. The summed E-state index contributed by atoms with van der Waals surface area (Å²) in [5.41, 5.74) is 28.9. The van der Waals surface area contributed by atoms with E-state index in [1.165, 1.54) is 12.7 Å². The fourth-order valence-corrected chi connectivity index (χ4v) is 5.41. The van der Waals surface area contributed by atoms with E-state index in [9.17, 15) is 9.59 Å². The zero-order valence-corrected chi connectivity index (χ0v) is 29.0. The molecule has 51 heavy (non-hydrogen) atoms. The number of carbonyl (C=O) groups is 2. The number of hydrogen-bond acceptors (Lipinski definition) is 12. The zero-order chi connectivity index (χ0) is 36.8. The second kappa shape index (κ2) is 15.4. The molecular formula is C36H41BN10O4. The molecule has 262 valence electrons. The van der Waals surface area contributed by atoms with Gasteiger partial charge in [0.2, 0.25) is 11.8 Å². The number of nitrogens with zero attached hydrogens (tertiary/aromatic N) is 6. The highest BCUT2D eigenvalue weighted by Crippen LogP contribution is 2.37. The summed E-state index contributed by atoms with van der Waals surface area (Å²) in [5.74, 6) is 0.0620. The van der Waals surface area contributed by atoms with Crippen molar-refractivity contribution < 1.29 is 18.9 Å². The molecule has 0 saturated carbocycles. The van der Waals surface area contributed by atoms with Crippen molar-refractivity contribution >= 4 is 36.0 Å². The van der Waals surface area contributed by atoms with Crippen molar-refractivity contribution in [3.8, 4) is 33.8 Å². The van der Waals surface area contributed by atoms with E-state index < -0.39 is 18.3 Å². The second-order valence-corrected chi connectivity index (χ2v) is 13.1. The van der Waals surface area contributed by atoms with Gasteiger partial charge in [-0.15, -0.1) is 0 Å². The van der Waals surface area contributed by atoms with Gasteiger partial charge < -0.3 is 32.2 Å². The lowest BCUT2D eigenvalue weighted by atomic mass is 9.77. The Balaban J connectivity index is 0.000000199. The van der Waals surface area contributed by atoms with E-state index in [1.54, 1.807) is 30.7 Å². The number of aromatic nitrogens is 6. The van der Waals surface area contributed by atoms with Gasteiger partial charge in [0, 0.05) is 54.1 Å². The number of hydrogen-bond donors (Lipinski definition) is 4. The number of aryl methyl sites for hydroxylation is 2. The van der Waals surface area contributed by atoms with Crippen LogP contribution in [-0.4, -0.2) is 60.0 Å². The molecule has 8 N–H and O–H groups in total. The van der Waals surface area contributed by atoms with Crippen LogP contribution < -0.4 is 28.4 Å². The molecule has 4 heterocycles. The predicted molar refractivity (Wildman–Crippen MR) is 196 cm³/mol. The summed E-state index contributed by atoms with van der Waals surface area (Å²) >= 11 is 0. The van der Waals surface area contributed by atoms with Gasteiger partial charge in [-0.25, -0.2) is 19.9 Å². The fraction of sp³-hybridized carbons (Fsp3) is 0.278. The third-order valence-corrected chi connectivity index (χ3v) is 8.83. The van der Waals surface area contributed by atoms with Crippen molar-refractivity contribution in [2.75, 3.05) is 11.5 Å². The molecule has 0 radical (unpaired) electrons. The van der Waals surface area contributed by atoms with Crippen LogP contribution in [0.2, 0.25) is 0 Å². The Hall–Kier alpha value is -5.80. The number of rotatable bonds is 10. The Morgan fingerprint density at radius 1 is 0.667 bits per heavy atom. The number of nitrogens with two attached hydrogens (primary N) is 4. The molecule has 5 aromatic rings. The van der Waals surface area contributed by atoms with E-state index in [2.05, 4.69) is 29.9 Å². The monoisotopic (exact) mass is 688 g/mol. The van der Waals surface area contributed by atoms with E-state index in [1.807, 2.05) is 64.1 Å². The van der Waals surface area contributed by atoms with Crippen LogP contribution in [0.4, 0.5) is 11.6 Å². The molecule has 1 aliphatic heterocycles. The Kier molecular flexibility index (Phi) is 11.0. The fourth-order valence-electron chi connectivity index (χ4n) is 5.41. The first kappa shape index (κ1) is 36.5. The highest BCUT2D eigenvalue weighted by Gasteiger charge is 2.51. The quantitative estimate of drug-likeness (QED) is 0.155. The van der Waals surface area contributed by atoms with Gasteiger partial charge in [-0.3, -0.25) is 19.6 Å². The van der Waals surface area contributed by atoms with E-state index >= 15 is 0 Å². The molecule has 2 amide bonds. The van der Waals surface area contributed by atoms with E-state index in [0.717, 1.165) is 39.0 Å². The summed E-state index contributed by atoms with van der Waals surface area (Å²) in [6.07, 6.45) is 9.26. The van der Waals surface area contributed by atoms with Crippen LogP contribution in [0.5, 0.6) is 0 Å². The normalized spacial score (nSPS) is 14.4. The number of benzene rings is 2. The third-order valence-electron chi connectivity index (χ3n) is 8.83. The summed E-state index contributed by atoms with van der Waals surface area (Å²) in [6.45, 7) is 8.05. The summed E-state index contributed by atoms with van der Waals surface area (Å²) < 4.78 is 12.3. The van der Waals surface area contributed by atoms with Crippen molar-refractivity contribution in [3.05, 3.63) is 90.9 Å². The largest absolute Gasteiger partial charge is 0.494 e. The van der Waals surface area contributed by atoms with Crippen LogP contribution in [0, 0.1) is 0 Å². The molecule has 6 rings (SSSR count). The Morgan fingerprint density at radius 2 is 1.20 bits per heavy atom. The minimum Gasteiger partial charge on any atom is -0.399 e. The maximum atomic E-state index is 11.3. The lowest BCUT2D eigenvalue weighted by Gasteiger charge is -2.32. The van der Waals surface area contributed by atoms with Crippen molar-refractivity contribution in [2.24, 2.45) is 11.5 Å². The molecule has 3 aromatic heterocycles. The Bertz CT molecular complexity index is 2010. The van der Waals surface area contributed by atoms with Crippen LogP contribution in [0.15, 0.2) is 79.8 Å². The van der Waals surface area contributed by atoms with Crippen molar-refractivity contribution in [1.82, 2.24) is 29.9 Å². The first-order valence-electron chi connectivity index (χ1n) is 16.3. The molecule has 14 nitrogen and oxygen atoms in total. The number of amides is 2. The zero-order valence-electron chi connectivity index (χ0n) is 29.0. The predicted octanol–water partition coefficient (Wildman–Crippen LogP) is 3.04. The summed E-state index contributed by atoms with van der Waals surface area (Å²) in [6, 6.07) is 15.1. The Morgan fingerprint density at radius 3 is 1.69 bits per heavy atom. The van der Waals surface area contributed by atoms with Gasteiger partial charge in [0.05, 0.1) is 34.5 Å². The van der Waals surface area contributed by atoms with Crippen LogP contribution in [0.25, 0.3) is 33.8 Å². The number of carbonyl (C=O) groups excluding carboxylic acids is 2. The molecule has 15 heteroatoms. The van der Waals surface area contributed by atoms with Gasteiger partial charge in [0.1, 0.15) is 24.3 Å². The highest BCUT2D eigenvalue weighted by molar-refractivity contribution is 6.62. The maximum Gasteiger partial charge on any atom is 0.494 e. The molecule has 0 bridgehead atoms. The minimum atomic E-state index is -0.480. The molecule has 0 atom stereocenters. The topological polar surface area (TPSA) is 234 Å². The lowest BCUT2D eigenvalue weighted by molar-refractivity contribution is -0.118. The SMILES string of the molecule is CC1(C)OB(c2ccc(-c3cc(N)ncn3)c(CCC(N)=O)c2)OC1(C)C.NC(=O)CCc1cc(-c2cnccn2)ccc1-c1cc(N)ncn1. The number of nitrogen functional groups attached to an aromatic ring is 2. The molecule has 1 aliphatic rings. The minimum absolute atomic E-state index is 0.236. The van der Waals surface area contributed by atoms with Crippen molar-refractivity contribution in [2.45, 2.75) is 64.6 Å². The second-order valence-electron chi connectivity index (χ2n) is 13.1. The molecule has 2 aromatic carbocycles. The number of primary amides is 2. The van der Waals surface area contributed by atoms with E-state index in [0.29, 0.717) is 35.9 Å². The van der Waals surface area contributed by atoms with E-state index in [4.69, 9.17) is 32.2 Å². The van der Waals surface area contributed by atoms with Crippen LogP contribution in [0.3, 0.4) is 0 Å². The highest BCUT2D eigenvalue weighted by atomic mass is 16.7. The molecule has 1 fully saturated rings. The maximum absolute atomic E-state index is 11.3. The van der Waals surface area contributed by atoms with Gasteiger partial charge in [-0.1, -0.05) is 30.3 Å². The first-order valence-corrected chi connectivity index (χ1v) is 16.3. The molecule has 0 aliphatic carbocycles. The average Bonchev–Trinajstić information content (AvgIpc) is 3.32. The standard InChI is InChI=1S/C19H25BN4O3.C17H16N6O/c1-18(2)19(3,4)27-20(26-18)13-6-7-14(12(9-13)5-8-17(22)25)15-10-16(21)24-11-23-15;18-16-8-14(22-10-23-16)13-3-1-12(15-9-20-5-6-21-15)7-11(13)2-4-17(19)24/h6-7,9-11H,5,8H2,1-4H3,(H2,22,25)(H2,21,23,24);1,3,5-10H,2,4H2,(H2,19,24)(H2,18,22,23). The summed E-state index contributed by atoms with van der Waals surface area (Å²) in [4.78, 5) is 47.3. The lowest BCUT2D eigenvalue weighted by Crippen LogP contribution is -2.41. The molecule has 0 spiro atoms. The smallest absolute Gasteiger partial charge is 0.399 e. The van der Waals surface area contributed by atoms with Gasteiger partial charge in [0.25, 0.3) is 0 Å². The van der Waals surface area contributed by atoms with Crippen LogP contribution in [0.1, 0.15) is 51.7 Å². The molecular weight excluding hydrogens is 647 g/mol. The van der Waals surface area contributed by atoms with Gasteiger partial charge in [0.15, 0.2) is 0 Å². The van der Waals surface area contributed by atoms with Crippen molar-refractivity contribution in [3.63, 3.8) is 0 Å². The third kappa shape index (κ3) is 9.06. The van der Waals surface area contributed by atoms with E-state index in [-0.39, 0.29) is 24.7 Å². The van der Waals surface area contributed by atoms with Crippen LogP contribution >= 0.6 is 0 Å². The van der Waals surface area contributed by atoms with Gasteiger partial charge >= 0.3 is 7.12 Å².